The first-order chi connectivity index (χ1) is 13.9. The second kappa shape index (κ2) is 8.12. The Morgan fingerprint density at radius 1 is 1.10 bits per heavy atom. The minimum Gasteiger partial charge on any atom is -0.295 e. The monoisotopic (exact) mass is 463 g/mol. The standard InChI is InChI=1S/C19H12Cl3N5OS/c1-10-13(9-23-19-25-24-17(29-19)11-5-3-2-4-6-11)18(28)27(26-10)16-14(21)7-12(20)8-15(16)22/h2-9,26H,1H3/b23-9+. The van der Waals surface area contributed by atoms with Gasteiger partial charge in [-0.15, -0.1) is 10.2 Å². The minimum absolute atomic E-state index is 0.256. The largest absolute Gasteiger partial charge is 0.295 e. The molecule has 0 bridgehead atoms. The van der Waals surface area contributed by atoms with Crippen LogP contribution in [-0.2, 0) is 0 Å². The molecule has 0 aliphatic heterocycles. The van der Waals surface area contributed by atoms with Crippen molar-refractivity contribution >= 4 is 57.5 Å². The Balaban J connectivity index is 1.68. The van der Waals surface area contributed by atoms with E-state index in [2.05, 4.69) is 20.3 Å². The third-order valence-electron chi connectivity index (χ3n) is 4.06. The molecular formula is C19H12Cl3N5OS. The molecule has 0 atom stereocenters. The highest BCUT2D eigenvalue weighted by Gasteiger charge is 2.17. The van der Waals surface area contributed by atoms with Crippen molar-refractivity contribution in [2.24, 2.45) is 4.99 Å². The second-order valence-electron chi connectivity index (χ2n) is 6.02. The summed E-state index contributed by atoms with van der Waals surface area (Å²) in [4.78, 5) is 17.2. The van der Waals surface area contributed by atoms with Gasteiger partial charge in [0, 0.05) is 22.5 Å². The molecule has 1 N–H and O–H groups in total. The molecule has 2 aromatic heterocycles. The van der Waals surface area contributed by atoms with Gasteiger partial charge < -0.3 is 0 Å². The molecule has 0 aliphatic rings. The van der Waals surface area contributed by atoms with Gasteiger partial charge in [-0.05, 0) is 19.1 Å². The number of aliphatic imine (C=N–C) groups is 1. The topological polar surface area (TPSA) is 75.9 Å². The van der Waals surface area contributed by atoms with Crippen molar-refractivity contribution in [3.05, 3.63) is 79.1 Å². The van der Waals surface area contributed by atoms with Crippen molar-refractivity contribution in [1.82, 2.24) is 20.0 Å². The van der Waals surface area contributed by atoms with Gasteiger partial charge in [0.2, 0.25) is 5.13 Å². The maximum absolute atomic E-state index is 12.9. The van der Waals surface area contributed by atoms with Gasteiger partial charge in [0.25, 0.3) is 5.56 Å². The molecule has 0 aliphatic carbocycles. The van der Waals surface area contributed by atoms with Crippen LogP contribution in [0.15, 0.2) is 52.3 Å². The van der Waals surface area contributed by atoms with Crippen LogP contribution in [0.25, 0.3) is 16.3 Å². The molecular weight excluding hydrogens is 453 g/mol. The third-order valence-corrected chi connectivity index (χ3v) is 5.74. The summed E-state index contributed by atoms with van der Waals surface area (Å²) in [6.07, 6.45) is 1.46. The maximum Gasteiger partial charge on any atom is 0.280 e. The number of hydrogen-bond acceptors (Lipinski definition) is 5. The van der Waals surface area contributed by atoms with Crippen LogP contribution in [0.4, 0.5) is 5.13 Å². The molecule has 2 aromatic carbocycles. The summed E-state index contributed by atoms with van der Waals surface area (Å²) in [6.45, 7) is 1.76. The van der Waals surface area contributed by atoms with Gasteiger partial charge in [0.15, 0.2) is 0 Å². The van der Waals surface area contributed by atoms with E-state index in [4.69, 9.17) is 34.8 Å². The number of rotatable bonds is 4. The summed E-state index contributed by atoms with van der Waals surface area (Å²) in [7, 11) is 0. The van der Waals surface area contributed by atoms with Crippen LogP contribution in [0.5, 0.6) is 0 Å². The first-order valence-corrected chi connectivity index (χ1v) is 10.3. The Morgan fingerprint density at radius 3 is 2.48 bits per heavy atom. The molecule has 0 spiro atoms. The Hall–Kier alpha value is -2.45. The lowest BCUT2D eigenvalue weighted by atomic mass is 10.2. The Morgan fingerprint density at radius 2 is 1.79 bits per heavy atom. The quantitative estimate of drug-likeness (QED) is 0.393. The molecule has 146 valence electrons. The molecule has 0 amide bonds. The van der Waals surface area contributed by atoms with Crippen molar-refractivity contribution in [2.75, 3.05) is 0 Å². The zero-order valence-electron chi connectivity index (χ0n) is 14.9. The molecule has 2 heterocycles. The van der Waals surface area contributed by atoms with Crippen LogP contribution in [0.3, 0.4) is 0 Å². The van der Waals surface area contributed by atoms with E-state index in [0.29, 0.717) is 27.1 Å². The van der Waals surface area contributed by atoms with Crippen LogP contribution >= 0.6 is 46.1 Å². The average molecular weight is 465 g/mol. The predicted octanol–water partition coefficient (Wildman–Crippen LogP) is 5.70. The fourth-order valence-corrected chi connectivity index (χ4v) is 4.38. The number of aryl methyl sites for hydroxylation is 1. The molecule has 10 heteroatoms. The van der Waals surface area contributed by atoms with E-state index in [0.717, 1.165) is 10.6 Å². The number of halogens is 3. The lowest BCUT2D eigenvalue weighted by Crippen LogP contribution is -2.18. The average Bonchev–Trinajstić information content (AvgIpc) is 3.26. The van der Waals surface area contributed by atoms with E-state index in [1.165, 1.54) is 34.4 Å². The van der Waals surface area contributed by atoms with Gasteiger partial charge in [0.05, 0.1) is 15.6 Å². The van der Waals surface area contributed by atoms with Crippen LogP contribution in [0.1, 0.15) is 11.3 Å². The molecule has 0 radical (unpaired) electrons. The van der Waals surface area contributed by atoms with E-state index in [1.54, 1.807) is 6.92 Å². The van der Waals surface area contributed by atoms with Crippen LogP contribution in [-0.4, -0.2) is 26.2 Å². The normalized spacial score (nSPS) is 11.4. The van der Waals surface area contributed by atoms with Crippen LogP contribution in [0.2, 0.25) is 15.1 Å². The smallest absolute Gasteiger partial charge is 0.280 e. The number of H-pyrrole nitrogens is 1. The van der Waals surface area contributed by atoms with Gasteiger partial charge in [-0.25, -0.2) is 9.67 Å². The molecule has 0 fully saturated rings. The van der Waals surface area contributed by atoms with Crippen molar-refractivity contribution in [1.29, 1.82) is 0 Å². The molecule has 0 saturated heterocycles. The Kier molecular flexibility index (Phi) is 5.56. The minimum atomic E-state index is -0.342. The summed E-state index contributed by atoms with van der Waals surface area (Å²) in [5.41, 5.74) is 1.91. The molecule has 0 unspecified atom stereocenters. The number of aromatic nitrogens is 4. The SMILES string of the molecule is Cc1[nH]n(-c2c(Cl)cc(Cl)cc2Cl)c(=O)c1/C=N/c1nnc(-c2ccccc2)s1. The number of nitrogens with zero attached hydrogens (tertiary/aromatic N) is 4. The molecule has 29 heavy (non-hydrogen) atoms. The van der Waals surface area contributed by atoms with E-state index in [9.17, 15) is 4.79 Å². The van der Waals surface area contributed by atoms with Crippen molar-refractivity contribution in [3.63, 3.8) is 0 Å². The Labute approximate surface area is 184 Å². The first kappa shape index (κ1) is 19.8. The fraction of sp³-hybridized carbons (Fsp3) is 0.0526. The molecule has 0 saturated carbocycles. The Bertz CT molecular complexity index is 1250. The van der Waals surface area contributed by atoms with Gasteiger partial charge in [-0.1, -0.05) is 76.5 Å². The maximum atomic E-state index is 12.9. The van der Waals surface area contributed by atoms with E-state index in [-0.39, 0.29) is 15.6 Å². The van der Waals surface area contributed by atoms with E-state index >= 15 is 0 Å². The highest BCUT2D eigenvalue weighted by atomic mass is 35.5. The summed E-state index contributed by atoms with van der Waals surface area (Å²) in [6, 6.07) is 12.7. The van der Waals surface area contributed by atoms with E-state index in [1.807, 2.05) is 30.3 Å². The second-order valence-corrected chi connectivity index (χ2v) is 8.23. The highest BCUT2D eigenvalue weighted by Crippen LogP contribution is 2.31. The van der Waals surface area contributed by atoms with Crippen molar-refractivity contribution in [2.45, 2.75) is 6.92 Å². The lowest BCUT2D eigenvalue weighted by molar-refractivity contribution is 0.835. The summed E-state index contributed by atoms with van der Waals surface area (Å²) >= 11 is 19.8. The van der Waals surface area contributed by atoms with E-state index < -0.39 is 0 Å². The van der Waals surface area contributed by atoms with Gasteiger partial charge in [-0.2, -0.15) is 0 Å². The first-order valence-electron chi connectivity index (χ1n) is 8.33. The highest BCUT2D eigenvalue weighted by molar-refractivity contribution is 7.18. The van der Waals surface area contributed by atoms with Crippen LogP contribution in [0, 0.1) is 6.92 Å². The van der Waals surface area contributed by atoms with Crippen LogP contribution < -0.4 is 5.56 Å². The molecule has 4 aromatic rings. The van der Waals surface area contributed by atoms with Crippen molar-refractivity contribution in [3.8, 4) is 16.3 Å². The van der Waals surface area contributed by atoms with Gasteiger partial charge in [-0.3, -0.25) is 9.89 Å². The number of hydrogen-bond donors (Lipinski definition) is 1. The van der Waals surface area contributed by atoms with Crippen molar-refractivity contribution < 1.29 is 0 Å². The number of aromatic amines is 1. The van der Waals surface area contributed by atoms with Gasteiger partial charge in [0.1, 0.15) is 10.7 Å². The fourth-order valence-electron chi connectivity index (χ4n) is 2.70. The molecule has 6 nitrogen and oxygen atoms in total. The third kappa shape index (κ3) is 4.00. The number of nitrogens with one attached hydrogen (secondary N) is 1. The predicted molar refractivity (Wildman–Crippen MR) is 119 cm³/mol. The molecule has 4 rings (SSSR count). The number of benzene rings is 2. The zero-order valence-corrected chi connectivity index (χ0v) is 17.9. The zero-order chi connectivity index (χ0) is 20.5. The summed E-state index contributed by atoms with van der Waals surface area (Å²) in [5, 5.41) is 13.3. The van der Waals surface area contributed by atoms with Gasteiger partial charge >= 0.3 is 0 Å². The summed E-state index contributed by atoms with van der Waals surface area (Å²) < 4.78 is 1.27. The summed E-state index contributed by atoms with van der Waals surface area (Å²) in [5.74, 6) is 0. The lowest BCUT2D eigenvalue weighted by Gasteiger charge is -2.07.